The van der Waals surface area contributed by atoms with Gasteiger partial charge in [-0.2, -0.15) is 0 Å². The zero-order valence-corrected chi connectivity index (χ0v) is 5.65. The lowest BCUT2D eigenvalue weighted by molar-refractivity contribution is 0.0908. The zero-order valence-electron chi connectivity index (χ0n) is 5.65. The van der Waals surface area contributed by atoms with E-state index in [2.05, 4.69) is 0 Å². The van der Waals surface area contributed by atoms with Gasteiger partial charge in [0.15, 0.2) is 0 Å². The van der Waals surface area contributed by atoms with Gasteiger partial charge in [-0.1, -0.05) is 0 Å². The second kappa shape index (κ2) is 2.22. The molecule has 10 heavy (non-hydrogen) atoms. The highest BCUT2D eigenvalue weighted by Crippen LogP contribution is 2.10. The number of aliphatic hydroxyl groups excluding tert-OH is 2. The van der Waals surface area contributed by atoms with Crippen molar-refractivity contribution < 1.29 is 10.2 Å². The average Bonchev–Trinajstić information content (AvgIpc) is 1.84. The fraction of sp³-hybridized carbons (Fsp3) is 0.333. The molecule has 1 rings (SSSR count). The smallest absolute Gasteiger partial charge is 0.149 e. The summed E-state index contributed by atoms with van der Waals surface area (Å²) in [6.45, 7) is 0. The summed E-state index contributed by atoms with van der Waals surface area (Å²) in [4.78, 5) is 1.50. The lowest BCUT2D eigenvalue weighted by Crippen LogP contribution is -2.30. The van der Waals surface area contributed by atoms with Gasteiger partial charge < -0.3 is 20.8 Å². The van der Waals surface area contributed by atoms with Gasteiger partial charge in [-0.15, -0.1) is 0 Å². The number of nitrogens with zero attached hydrogens (tertiary/aromatic N) is 1. The third-order valence-corrected chi connectivity index (χ3v) is 1.36. The van der Waals surface area contributed by atoms with Gasteiger partial charge in [0.2, 0.25) is 0 Å². The Hall–Kier alpha value is -1.16. The molecule has 4 heteroatoms. The van der Waals surface area contributed by atoms with E-state index in [0.717, 1.165) is 0 Å². The van der Waals surface area contributed by atoms with Crippen molar-refractivity contribution in [3.8, 4) is 0 Å². The monoisotopic (exact) mass is 142 g/mol. The Morgan fingerprint density at radius 1 is 1.70 bits per heavy atom. The molecule has 0 bridgehead atoms. The molecule has 0 radical (unpaired) electrons. The van der Waals surface area contributed by atoms with Gasteiger partial charge in [0.05, 0.1) is 5.70 Å². The first kappa shape index (κ1) is 6.95. The molecule has 1 aliphatic rings. The van der Waals surface area contributed by atoms with Crippen molar-refractivity contribution in [2.24, 2.45) is 5.73 Å². The Morgan fingerprint density at radius 2 is 2.30 bits per heavy atom. The molecule has 1 aliphatic heterocycles. The molecule has 1 atom stereocenters. The van der Waals surface area contributed by atoms with Gasteiger partial charge >= 0.3 is 0 Å². The predicted octanol–water partition coefficient (Wildman–Crippen LogP) is -0.508. The van der Waals surface area contributed by atoms with Crippen molar-refractivity contribution in [3.63, 3.8) is 0 Å². The summed E-state index contributed by atoms with van der Waals surface area (Å²) < 4.78 is 0. The fourth-order valence-corrected chi connectivity index (χ4v) is 0.717. The largest absolute Gasteiger partial charge is 0.506 e. The molecule has 0 saturated heterocycles. The van der Waals surface area contributed by atoms with Gasteiger partial charge in [0.25, 0.3) is 0 Å². The molecule has 1 unspecified atom stereocenters. The summed E-state index contributed by atoms with van der Waals surface area (Å²) in [7, 11) is 1.67. The van der Waals surface area contributed by atoms with Crippen LogP contribution in [-0.2, 0) is 0 Å². The van der Waals surface area contributed by atoms with Gasteiger partial charge in [-0.25, -0.2) is 0 Å². The van der Waals surface area contributed by atoms with E-state index in [0.29, 0.717) is 0 Å². The Kier molecular flexibility index (Phi) is 1.55. The van der Waals surface area contributed by atoms with Crippen LogP contribution < -0.4 is 5.73 Å². The Bertz CT molecular complexity index is 176. The summed E-state index contributed by atoms with van der Waals surface area (Å²) in [5.41, 5.74) is 5.59. The molecule has 0 saturated carbocycles. The third-order valence-electron chi connectivity index (χ3n) is 1.36. The van der Waals surface area contributed by atoms with Crippen LogP contribution in [0.2, 0.25) is 0 Å². The maximum Gasteiger partial charge on any atom is 0.149 e. The van der Waals surface area contributed by atoms with Gasteiger partial charge in [-0.05, 0) is 0 Å². The van der Waals surface area contributed by atoms with E-state index in [-0.39, 0.29) is 11.5 Å². The summed E-state index contributed by atoms with van der Waals surface area (Å²) in [6.07, 6.45) is 1.97. The minimum absolute atomic E-state index is 0.0643. The van der Waals surface area contributed by atoms with Crippen molar-refractivity contribution in [2.45, 2.75) is 6.23 Å². The number of hydrogen-bond acceptors (Lipinski definition) is 4. The van der Waals surface area contributed by atoms with Gasteiger partial charge in [-0.3, -0.25) is 0 Å². The molecule has 0 amide bonds. The Balaban J connectivity index is 2.83. The average molecular weight is 142 g/mol. The third kappa shape index (κ3) is 1.06. The topological polar surface area (TPSA) is 69.7 Å². The maximum absolute atomic E-state index is 9.06. The van der Waals surface area contributed by atoms with Crippen molar-refractivity contribution >= 4 is 0 Å². The molecule has 4 N–H and O–H groups in total. The van der Waals surface area contributed by atoms with Crippen LogP contribution in [0.15, 0.2) is 23.7 Å². The van der Waals surface area contributed by atoms with Crippen LogP contribution in [0.1, 0.15) is 0 Å². The number of likely N-dealkylation sites (N-methyl/N-ethyl adjacent to an activating group) is 1. The van der Waals surface area contributed by atoms with Crippen LogP contribution in [0.5, 0.6) is 0 Å². The summed E-state index contributed by atoms with van der Waals surface area (Å²) in [5, 5.41) is 18.0. The van der Waals surface area contributed by atoms with E-state index >= 15 is 0 Å². The van der Waals surface area contributed by atoms with Crippen LogP contribution >= 0.6 is 0 Å². The molecular weight excluding hydrogens is 132 g/mol. The van der Waals surface area contributed by atoms with E-state index in [4.69, 9.17) is 15.9 Å². The molecule has 4 nitrogen and oxygen atoms in total. The van der Waals surface area contributed by atoms with Crippen LogP contribution in [0, 0.1) is 0 Å². The van der Waals surface area contributed by atoms with Crippen molar-refractivity contribution in [3.05, 3.63) is 23.7 Å². The van der Waals surface area contributed by atoms with Crippen LogP contribution in [0.4, 0.5) is 0 Å². The highest BCUT2D eigenvalue weighted by atomic mass is 16.3. The van der Waals surface area contributed by atoms with E-state index in [9.17, 15) is 0 Å². The first-order valence-corrected chi connectivity index (χ1v) is 2.89. The van der Waals surface area contributed by atoms with Crippen molar-refractivity contribution in [1.82, 2.24) is 4.90 Å². The molecule has 1 heterocycles. The highest BCUT2D eigenvalue weighted by Gasteiger charge is 2.13. The van der Waals surface area contributed by atoms with E-state index in [1.165, 1.54) is 17.2 Å². The number of nitrogens with two attached hydrogens (primary N) is 1. The number of aliphatic hydroxyl groups is 2. The molecule has 0 aromatic rings. The molecule has 0 fully saturated rings. The normalized spacial score (nSPS) is 25.8. The maximum atomic E-state index is 9.06. The first-order chi connectivity index (χ1) is 4.61. The molecule has 0 aromatic carbocycles. The first-order valence-electron chi connectivity index (χ1n) is 2.89. The minimum atomic E-state index is -0.771. The molecule has 56 valence electrons. The van der Waals surface area contributed by atoms with E-state index in [1.54, 1.807) is 7.05 Å². The van der Waals surface area contributed by atoms with Crippen molar-refractivity contribution in [1.29, 1.82) is 0 Å². The second-order valence-corrected chi connectivity index (χ2v) is 2.22. The zero-order chi connectivity index (χ0) is 7.72. The van der Waals surface area contributed by atoms with Gasteiger partial charge in [0.1, 0.15) is 12.0 Å². The van der Waals surface area contributed by atoms with Crippen LogP contribution in [0.3, 0.4) is 0 Å². The Labute approximate surface area is 58.9 Å². The molecule has 0 aliphatic carbocycles. The predicted molar refractivity (Wildman–Crippen MR) is 36.8 cm³/mol. The number of hydrogen-bond donors (Lipinski definition) is 3. The highest BCUT2D eigenvalue weighted by molar-refractivity contribution is 5.25. The summed E-state index contributed by atoms with van der Waals surface area (Å²) >= 11 is 0. The van der Waals surface area contributed by atoms with Crippen LogP contribution in [-0.4, -0.2) is 28.4 Å². The summed E-state index contributed by atoms with van der Waals surface area (Å²) in [6, 6.07) is 0. The lowest BCUT2D eigenvalue weighted by atomic mass is 10.2. The van der Waals surface area contributed by atoms with Gasteiger partial charge in [0, 0.05) is 19.3 Å². The lowest BCUT2D eigenvalue weighted by Gasteiger charge is -2.23. The van der Waals surface area contributed by atoms with E-state index in [1.807, 2.05) is 0 Å². The molecule has 0 aromatic heterocycles. The standard InChI is InChI=1S/C6H10N2O2/c1-8-3-4(7)5(9)2-6(8)10/h2-3,6,9-10H,7H2,1H3. The van der Waals surface area contributed by atoms with Crippen molar-refractivity contribution in [2.75, 3.05) is 7.05 Å². The molecule has 0 spiro atoms. The molecular formula is C6H10N2O2. The fourth-order valence-electron chi connectivity index (χ4n) is 0.717. The summed E-state index contributed by atoms with van der Waals surface area (Å²) in [5.74, 6) is -0.0643. The number of rotatable bonds is 0. The van der Waals surface area contributed by atoms with Crippen LogP contribution in [0.25, 0.3) is 0 Å². The second-order valence-electron chi connectivity index (χ2n) is 2.22. The minimum Gasteiger partial charge on any atom is -0.506 e. The Morgan fingerprint density at radius 3 is 2.80 bits per heavy atom. The van der Waals surface area contributed by atoms with E-state index < -0.39 is 6.23 Å². The SMILES string of the molecule is CN1C=C(N)C(O)=CC1O. The quantitative estimate of drug-likeness (QED) is 0.426.